The molecule has 212 valence electrons. The number of aromatic nitrogens is 2. The third kappa shape index (κ3) is 8.55. The predicted molar refractivity (Wildman–Crippen MR) is 135 cm³/mol. The summed E-state index contributed by atoms with van der Waals surface area (Å²) >= 11 is 0. The van der Waals surface area contributed by atoms with Crippen LogP contribution in [0.15, 0.2) is 21.9 Å². The van der Waals surface area contributed by atoms with E-state index in [1.54, 1.807) is 34.6 Å². The number of ether oxygens (including phenoxy) is 3. The van der Waals surface area contributed by atoms with E-state index in [4.69, 9.17) is 19.0 Å². The van der Waals surface area contributed by atoms with Gasteiger partial charge in [-0.2, -0.15) is 0 Å². The summed E-state index contributed by atoms with van der Waals surface area (Å²) in [6.07, 6.45) is -2.48. The molecule has 1 aliphatic heterocycles. The lowest BCUT2D eigenvalue weighted by atomic mass is 10.0. The van der Waals surface area contributed by atoms with Crippen molar-refractivity contribution in [3.8, 4) is 0 Å². The van der Waals surface area contributed by atoms with E-state index in [-0.39, 0.29) is 12.7 Å². The summed E-state index contributed by atoms with van der Waals surface area (Å²) < 4.78 is 31.1. The fraction of sp³-hybridized carbons (Fsp3) is 0.696. The normalized spacial score (nSPS) is 23.7. The van der Waals surface area contributed by atoms with Crippen molar-refractivity contribution in [1.82, 2.24) is 14.6 Å². The molecule has 1 saturated heterocycles. The van der Waals surface area contributed by atoms with Gasteiger partial charge in [-0.15, -0.1) is 0 Å². The maximum atomic E-state index is 12.8. The Balaban J connectivity index is 2.20. The smallest absolute Gasteiger partial charge is 0.462 e. The number of aliphatic hydroxyl groups is 1. The lowest BCUT2D eigenvalue weighted by Crippen LogP contribution is -2.38. The van der Waals surface area contributed by atoms with Crippen LogP contribution in [-0.2, 0) is 33.2 Å². The van der Waals surface area contributed by atoms with Crippen molar-refractivity contribution in [3.05, 3.63) is 33.1 Å². The second-order valence-corrected chi connectivity index (χ2v) is 10.7. The van der Waals surface area contributed by atoms with E-state index in [1.807, 2.05) is 0 Å². The monoisotopic (exact) mass is 560 g/mol. The fourth-order valence-electron chi connectivity index (χ4n) is 3.47. The van der Waals surface area contributed by atoms with Gasteiger partial charge >= 0.3 is 31.5 Å². The standard InChI is InChI=1S/C23H36N4O10P/c1-12(2)35-21(30)15(6)25-38(33)11-27(16(7)22(31)36-13(3)4)34-10-17-14(5)19(29)20(37-17)26-9-8-18(28)24-23(26)32/h8-9,11-17,19-20,29H,10H2,1-7H3,(H-,24,25,28,32,33)/q+1/p+1/b27-11+/t14-,15+,16-,17-,19-,20-/m1/s1. The van der Waals surface area contributed by atoms with Crippen molar-refractivity contribution >= 4 is 25.8 Å². The van der Waals surface area contributed by atoms with Crippen molar-refractivity contribution in [1.29, 1.82) is 0 Å². The summed E-state index contributed by atoms with van der Waals surface area (Å²) in [5, 5.41) is 13.3. The Labute approximate surface area is 220 Å². The number of hydrogen-bond acceptors (Lipinski definition) is 10. The first kappa shape index (κ1) is 31.3. The number of esters is 2. The molecule has 3 N–H and O–H groups in total. The van der Waals surface area contributed by atoms with Crippen LogP contribution in [0.5, 0.6) is 0 Å². The largest absolute Gasteiger partial charge is 0.538 e. The number of aliphatic hydroxyl groups excluding tert-OH is 1. The van der Waals surface area contributed by atoms with Gasteiger partial charge in [0.1, 0.15) is 18.2 Å². The zero-order valence-electron chi connectivity index (χ0n) is 22.5. The number of carbonyl (C=O) groups excluding carboxylic acids is 2. The number of carbonyl (C=O) groups is 2. The summed E-state index contributed by atoms with van der Waals surface area (Å²) in [5.41, 5.74) is -1.34. The molecule has 0 radical (unpaired) electrons. The summed E-state index contributed by atoms with van der Waals surface area (Å²) in [6.45, 7) is 11.2. The summed E-state index contributed by atoms with van der Waals surface area (Å²) in [6, 6.07) is -0.802. The van der Waals surface area contributed by atoms with E-state index in [0.717, 1.165) is 21.3 Å². The first-order valence-electron chi connectivity index (χ1n) is 12.3. The fourth-order valence-corrected chi connectivity index (χ4v) is 4.49. The minimum absolute atomic E-state index is 0.198. The van der Waals surface area contributed by atoms with Crippen molar-refractivity contribution in [3.63, 3.8) is 0 Å². The summed E-state index contributed by atoms with van der Waals surface area (Å²) in [4.78, 5) is 56.0. The second kappa shape index (κ2) is 13.7. The van der Waals surface area contributed by atoms with Gasteiger partial charge in [-0.25, -0.2) is 9.59 Å². The molecule has 1 aromatic rings. The van der Waals surface area contributed by atoms with Gasteiger partial charge in [-0.05, 0) is 39.2 Å². The molecule has 0 aliphatic carbocycles. The number of aromatic amines is 1. The van der Waals surface area contributed by atoms with Crippen LogP contribution < -0.4 is 16.3 Å². The Morgan fingerprint density at radius 1 is 1.18 bits per heavy atom. The molecule has 0 amide bonds. The molecule has 1 aliphatic rings. The average molecular weight is 561 g/mol. The minimum atomic E-state index is -2.39. The van der Waals surface area contributed by atoms with E-state index in [2.05, 4.69) is 10.1 Å². The van der Waals surface area contributed by atoms with Crippen LogP contribution in [0.3, 0.4) is 0 Å². The first-order valence-corrected chi connectivity index (χ1v) is 13.6. The van der Waals surface area contributed by atoms with Gasteiger partial charge in [0, 0.05) is 29.8 Å². The Bertz CT molecular complexity index is 1150. The predicted octanol–water partition coefficient (Wildman–Crippen LogP) is 0.416. The second-order valence-electron chi connectivity index (χ2n) is 9.53. The van der Waals surface area contributed by atoms with E-state index < -0.39 is 73.7 Å². The highest BCUT2D eigenvalue weighted by Crippen LogP contribution is 2.33. The van der Waals surface area contributed by atoms with E-state index >= 15 is 0 Å². The third-order valence-electron chi connectivity index (χ3n) is 5.56. The number of H-pyrrole nitrogens is 1. The molecule has 2 heterocycles. The summed E-state index contributed by atoms with van der Waals surface area (Å²) in [5.74, 6) is -0.649. The first-order chi connectivity index (χ1) is 17.7. The van der Waals surface area contributed by atoms with Crippen LogP contribution in [0.25, 0.3) is 0 Å². The molecule has 0 bridgehead atoms. The molecular weight excluding hydrogens is 523 g/mol. The molecule has 0 aromatic carbocycles. The molecule has 15 heteroatoms. The third-order valence-corrected chi connectivity index (χ3v) is 6.64. The minimum Gasteiger partial charge on any atom is -0.462 e. The quantitative estimate of drug-likeness (QED) is 0.106. The average Bonchev–Trinajstić information content (AvgIpc) is 3.08. The van der Waals surface area contributed by atoms with Crippen LogP contribution in [0.1, 0.15) is 54.7 Å². The maximum absolute atomic E-state index is 12.8. The number of nitrogens with one attached hydrogen (secondary N) is 2. The Morgan fingerprint density at radius 2 is 1.79 bits per heavy atom. The number of rotatable bonds is 12. The molecule has 38 heavy (non-hydrogen) atoms. The van der Waals surface area contributed by atoms with Crippen LogP contribution in [-0.4, -0.2) is 80.4 Å². The molecule has 1 unspecified atom stereocenters. The van der Waals surface area contributed by atoms with Crippen LogP contribution in [0.4, 0.5) is 0 Å². The SMILES string of the molecule is CC(C)OC(=O)[C@H](C)N[P+](=O)/C=[N+](/OC[C@H]1O[C@@H](n2ccc(=O)[nH]c2=O)[C@H](O)[C@@H]1C)[C@H](C)C(=O)OC(C)C. The summed E-state index contributed by atoms with van der Waals surface area (Å²) in [7, 11) is -2.39. The molecule has 7 atom stereocenters. The number of hydroxylamine groups is 1. The van der Waals surface area contributed by atoms with Gasteiger partial charge in [0.05, 0.1) is 12.2 Å². The lowest BCUT2D eigenvalue weighted by molar-refractivity contribution is -0.798. The van der Waals surface area contributed by atoms with Gasteiger partial charge in [0.15, 0.2) is 12.8 Å². The van der Waals surface area contributed by atoms with Crippen LogP contribution >= 0.6 is 7.95 Å². The molecule has 0 spiro atoms. The topological polar surface area (TPSA) is 178 Å². The molecule has 1 fully saturated rings. The zero-order valence-corrected chi connectivity index (χ0v) is 23.4. The van der Waals surface area contributed by atoms with E-state index in [9.17, 15) is 28.8 Å². The van der Waals surface area contributed by atoms with Crippen molar-refractivity contribution in [2.24, 2.45) is 5.92 Å². The zero-order chi connectivity index (χ0) is 28.7. The molecule has 0 saturated carbocycles. The van der Waals surface area contributed by atoms with Crippen molar-refractivity contribution in [2.75, 3.05) is 6.61 Å². The van der Waals surface area contributed by atoms with Gasteiger partial charge in [-0.3, -0.25) is 24.0 Å². The number of hydrogen-bond donors (Lipinski definition) is 3. The number of nitrogens with zero attached hydrogens (tertiary/aromatic N) is 2. The molecular formula is C23H37N4O10P+2. The van der Waals surface area contributed by atoms with E-state index in [0.29, 0.717) is 0 Å². The van der Waals surface area contributed by atoms with Crippen molar-refractivity contribution in [2.45, 2.75) is 91.2 Å². The highest BCUT2D eigenvalue weighted by molar-refractivity contribution is 7.59. The van der Waals surface area contributed by atoms with Gasteiger partial charge in [0.2, 0.25) is 0 Å². The van der Waals surface area contributed by atoms with Crippen molar-refractivity contribution < 1.29 is 43.0 Å². The highest BCUT2D eigenvalue weighted by Gasteiger charge is 2.44. The Kier molecular flexibility index (Phi) is 11.3. The van der Waals surface area contributed by atoms with E-state index in [1.165, 1.54) is 20.0 Å². The highest BCUT2D eigenvalue weighted by atomic mass is 31.1. The van der Waals surface area contributed by atoms with Gasteiger partial charge < -0.3 is 19.3 Å². The van der Waals surface area contributed by atoms with Crippen LogP contribution in [0, 0.1) is 5.92 Å². The van der Waals surface area contributed by atoms with Gasteiger partial charge in [0.25, 0.3) is 11.6 Å². The molecule has 2 rings (SSSR count). The Hall–Kier alpha value is -2.93. The molecule has 1 aromatic heterocycles. The Morgan fingerprint density at radius 3 is 2.37 bits per heavy atom. The van der Waals surface area contributed by atoms with Crippen LogP contribution in [0.2, 0.25) is 0 Å². The van der Waals surface area contributed by atoms with Gasteiger partial charge in [-0.1, -0.05) is 12.0 Å². The molecule has 14 nitrogen and oxygen atoms in total. The maximum Gasteiger partial charge on any atom is 0.538 e. The lowest BCUT2D eigenvalue weighted by Gasteiger charge is -2.17.